The molecule has 1 aliphatic heterocycles. The summed E-state index contributed by atoms with van der Waals surface area (Å²) in [5.74, 6) is -0.0268. The van der Waals surface area contributed by atoms with Crippen LogP contribution in [0.4, 0.5) is 0 Å². The van der Waals surface area contributed by atoms with E-state index in [0.717, 1.165) is 19.3 Å². The lowest BCUT2D eigenvalue weighted by atomic mass is 10.2. The quantitative estimate of drug-likeness (QED) is 0.726. The third kappa shape index (κ3) is 2.26. The van der Waals surface area contributed by atoms with E-state index in [1.807, 2.05) is 6.92 Å². The molecule has 1 heterocycles. The maximum atomic E-state index is 11.9. The highest BCUT2D eigenvalue weighted by Gasteiger charge is 2.38. The summed E-state index contributed by atoms with van der Waals surface area (Å²) in [4.78, 5) is 25.0. The van der Waals surface area contributed by atoms with E-state index in [9.17, 15) is 9.59 Å². The van der Waals surface area contributed by atoms with Crippen LogP contribution in [0.2, 0.25) is 0 Å². The molecule has 4 nitrogen and oxygen atoms in total. The molecule has 0 aromatic heterocycles. The molecule has 1 aliphatic carbocycles. The van der Waals surface area contributed by atoms with Gasteiger partial charge in [0, 0.05) is 12.6 Å². The number of carbonyl (C=O) groups is 2. The van der Waals surface area contributed by atoms with Crippen LogP contribution in [-0.4, -0.2) is 35.3 Å². The molecule has 1 unspecified atom stereocenters. The lowest BCUT2D eigenvalue weighted by Gasteiger charge is -2.17. The third-order valence-electron chi connectivity index (χ3n) is 3.48. The average molecular weight is 224 g/mol. The summed E-state index contributed by atoms with van der Waals surface area (Å²) in [5.41, 5.74) is 0. The Morgan fingerprint density at radius 2 is 2.00 bits per heavy atom. The number of carbonyl (C=O) groups excluding carboxylic acids is 2. The van der Waals surface area contributed by atoms with Crippen LogP contribution >= 0.6 is 0 Å². The molecule has 1 saturated carbocycles. The van der Waals surface area contributed by atoms with Gasteiger partial charge in [-0.05, 0) is 19.3 Å². The number of hydrogen-bond acceptors (Lipinski definition) is 3. The van der Waals surface area contributed by atoms with E-state index < -0.39 is 0 Å². The molecular weight excluding hydrogens is 204 g/mol. The number of rotatable bonds is 4. The Kier molecular flexibility index (Phi) is 3.59. The monoisotopic (exact) mass is 224 g/mol. The van der Waals surface area contributed by atoms with Gasteiger partial charge in [0.15, 0.2) is 0 Å². The molecule has 90 valence electrons. The summed E-state index contributed by atoms with van der Waals surface area (Å²) in [5, 5.41) is 3.33. The second kappa shape index (κ2) is 4.95. The topological polar surface area (TPSA) is 49.4 Å². The van der Waals surface area contributed by atoms with Gasteiger partial charge in [0.05, 0.1) is 12.5 Å². The fourth-order valence-electron chi connectivity index (χ4n) is 2.65. The van der Waals surface area contributed by atoms with Crippen molar-refractivity contribution in [3.63, 3.8) is 0 Å². The number of imide groups is 1. The molecule has 1 saturated heterocycles. The second-order valence-corrected chi connectivity index (χ2v) is 4.79. The van der Waals surface area contributed by atoms with Gasteiger partial charge in [-0.15, -0.1) is 0 Å². The zero-order valence-corrected chi connectivity index (χ0v) is 9.87. The number of nitrogens with zero attached hydrogens (tertiary/aromatic N) is 1. The van der Waals surface area contributed by atoms with Crippen molar-refractivity contribution in [2.45, 2.75) is 57.5 Å². The van der Waals surface area contributed by atoms with Crippen molar-refractivity contribution in [2.24, 2.45) is 0 Å². The van der Waals surface area contributed by atoms with Gasteiger partial charge >= 0.3 is 0 Å². The molecule has 2 amide bonds. The Morgan fingerprint density at radius 3 is 2.62 bits per heavy atom. The van der Waals surface area contributed by atoms with Crippen LogP contribution < -0.4 is 5.32 Å². The smallest absolute Gasteiger partial charge is 0.246 e. The Morgan fingerprint density at radius 1 is 1.31 bits per heavy atom. The summed E-state index contributed by atoms with van der Waals surface area (Å²) in [6.45, 7) is 2.55. The summed E-state index contributed by atoms with van der Waals surface area (Å²) in [7, 11) is 0. The van der Waals surface area contributed by atoms with Crippen LogP contribution in [0.1, 0.15) is 45.4 Å². The molecule has 1 atom stereocenters. The Balaban J connectivity index is 1.91. The molecule has 0 spiro atoms. The van der Waals surface area contributed by atoms with Crippen LogP contribution in [0, 0.1) is 0 Å². The van der Waals surface area contributed by atoms with Gasteiger partial charge in [-0.1, -0.05) is 19.8 Å². The first-order valence-electron chi connectivity index (χ1n) is 6.32. The minimum Gasteiger partial charge on any atom is -0.303 e. The van der Waals surface area contributed by atoms with Crippen molar-refractivity contribution in [2.75, 3.05) is 6.54 Å². The molecule has 2 fully saturated rings. The normalized spacial score (nSPS) is 27.1. The molecule has 0 aromatic rings. The van der Waals surface area contributed by atoms with E-state index in [4.69, 9.17) is 0 Å². The highest BCUT2D eigenvalue weighted by Crippen LogP contribution is 2.21. The molecule has 0 bridgehead atoms. The standard InChI is InChI=1S/C12H20N2O2/c1-2-7-14-11(15)8-10(12(14)16)13-9-5-3-4-6-9/h9-10,13H,2-8H2,1H3. The van der Waals surface area contributed by atoms with Crippen molar-refractivity contribution in [3.05, 3.63) is 0 Å². The Hall–Kier alpha value is -0.900. The molecule has 0 radical (unpaired) electrons. The summed E-state index contributed by atoms with van der Waals surface area (Å²) < 4.78 is 0. The van der Waals surface area contributed by atoms with Crippen molar-refractivity contribution >= 4 is 11.8 Å². The number of nitrogens with one attached hydrogen (secondary N) is 1. The molecular formula is C12H20N2O2. The maximum absolute atomic E-state index is 11.9. The highest BCUT2D eigenvalue weighted by molar-refractivity contribution is 6.05. The molecule has 16 heavy (non-hydrogen) atoms. The van der Waals surface area contributed by atoms with E-state index in [0.29, 0.717) is 19.0 Å². The van der Waals surface area contributed by atoms with Gasteiger partial charge < -0.3 is 5.32 Å². The first kappa shape index (κ1) is 11.6. The lowest BCUT2D eigenvalue weighted by Crippen LogP contribution is -2.43. The Labute approximate surface area is 96.4 Å². The molecule has 2 aliphatic rings. The van der Waals surface area contributed by atoms with E-state index >= 15 is 0 Å². The van der Waals surface area contributed by atoms with Gasteiger partial charge in [-0.2, -0.15) is 0 Å². The lowest BCUT2D eigenvalue weighted by molar-refractivity contribution is -0.138. The first-order valence-corrected chi connectivity index (χ1v) is 6.32. The summed E-state index contributed by atoms with van der Waals surface area (Å²) >= 11 is 0. The highest BCUT2D eigenvalue weighted by atomic mass is 16.2. The zero-order chi connectivity index (χ0) is 11.5. The zero-order valence-electron chi connectivity index (χ0n) is 9.87. The molecule has 1 N–H and O–H groups in total. The number of likely N-dealkylation sites (tertiary alicyclic amines) is 1. The van der Waals surface area contributed by atoms with E-state index in [1.165, 1.54) is 17.7 Å². The van der Waals surface area contributed by atoms with Crippen LogP contribution in [-0.2, 0) is 9.59 Å². The van der Waals surface area contributed by atoms with Gasteiger partial charge in [0.25, 0.3) is 0 Å². The van der Waals surface area contributed by atoms with Gasteiger partial charge in [0.2, 0.25) is 11.8 Å². The van der Waals surface area contributed by atoms with Crippen molar-refractivity contribution in [3.8, 4) is 0 Å². The third-order valence-corrected chi connectivity index (χ3v) is 3.48. The fourth-order valence-corrected chi connectivity index (χ4v) is 2.65. The minimum absolute atomic E-state index is 0.0117. The van der Waals surface area contributed by atoms with Crippen LogP contribution in [0.15, 0.2) is 0 Å². The Bertz CT molecular complexity index is 285. The fraction of sp³-hybridized carbons (Fsp3) is 0.833. The van der Waals surface area contributed by atoms with E-state index in [2.05, 4.69) is 5.32 Å². The first-order chi connectivity index (χ1) is 7.72. The minimum atomic E-state index is -0.248. The van der Waals surface area contributed by atoms with Gasteiger partial charge in [0.1, 0.15) is 0 Å². The summed E-state index contributed by atoms with van der Waals surface area (Å²) in [6, 6.07) is 0.200. The number of hydrogen-bond donors (Lipinski definition) is 1. The van der Waals surface area contributed by atoms with Crippen molar-refractivity contribution in [1.82, 2.24) is 10.2 Å². The van der Waals surface area contributed by atoms with E-state index in [-0.39, 0.29) is 17.9 Å². The van der Waals surface area contributed by atoms with Crippen LogP contribution in [0.5, 0.6) is 0 Å². The second-order valence-electron chi connectivity index (χ2n) is 4.79. The summed E-state index contributed by atoms with van der Waals surface area (Å²) in [6.07, 6.45) is 5.97. The predicted octanol–water partition coefficient (Wildman–Crippen LogP) is 1.06. The largest absolute Gasteiger partial charge is 0.303 e. The van der Waals surface area contributed by atoms with Gasteiger partial charge in [-0.3, -0.25) is 14.5 Å². The maximum Gasteiger partial charge on any atom is 0.246 e. The average Bonchev–Trinajstić information content (AvgIpc) is 2.84. The van der Waals surface area contributed by atoms with Crippen molar-refractivity contribution in [1.29, 1.82) is 0 Å². The van der Waals surface area contributed by atoms with E-state index in [1.54, 1.807) is 0 Å². The number of amides is 2. The van der Waals surface area contributed by atoms with Crippen molar-refractivity contribution < 1.29 is 9.59 Å². The predicted molar refractivity (Wildman–Crippen MR) is 60.8 cm³/mol. The molecule has 2 rings (SSSR count). The SMILES string of the molecule is CCCN1C(=O)CC(NC2CCCC2)C1=O. The van der Waals surface area contributed by atoms with Gasteiger partial charge in [-0.25, -0.2) is 0 Å². The van der Waals surface area contributed by atoms with Crippen LogP contribution in [0.3, 0.4) is 0 Å². The molecule has 0 aromatic carbocycles. The van der Waals surface area contributed by atoms with Crippen LogP contribution in [0.25, 0.3) is 0 Å². The molecule has 4 heteroatoms.